The number of benzene rings is 2. The van der Waals surface area contributed by atoms with Gasteiger partial charge in [-0.3, -0.25) is 14.4 Å². The molecule has 1 atom stereocenters. The highest BCUT2D eigenvalue weighted by Gasteiger charge is 2.31. The summed E-state index contributed by atoms with van der Waals surface area (Å²) in [6, 6.07) is 16.3. The first kappa shape index (κ1) is 28.9. The van der Waals surface area contributed by atoms with Crippen LogP contribution in [0, 0.1) is 6.92 Å². The third-order valence-corrected chi connectivity index (χ3v) is 6.75. The zero-order valence-corrected chi connectivity index (χ0v) is 23.9. The van der Waals surface area contributed by atoms with Crippen molar-refractivity contribution in [2.45, 2.75) is 52.2 Å². The Bertz CT molecular complexity index is 1380. The number of esters is 1. The zero-order chi connectivity index (χ0) is 28.9. The first-order valence-electron chi connectivity index (χ1n) is 13.6. The number of aromatic nitrogens is 1. The van der Waals surface area contributed by atoms with Crippen LogP contribution >= 0.6 is 0 Å². The van der Waals surface area contributed by atoms with Gasteiger partial charge in [0.25, 0.3) is 5.91 Å². The van der Waals surface area contributed by atoms with E-state index in [0.717, 1.165) is 11.1 Å². The maximum Gasteiger partial charge on any atom is 0.306 e. The van der Waals surface area contributed by atoms with Gasteiger partial charge < -0.3 is 24.6 Å². The van der Waals surface area contributed by atoms with Crippen LogP contribution in [0.4, 0.5) is 5.69 Å². The Morgan fingerprint density at radius 2 is 1.73 bits per heavy atom. The second-order valence-corrected chi connectivity index (χ2v) is 11.0. The summed E-state index contributed by atoms with van der Waals surface area (Å²) in [6.07, 6.45) is 0.105. The van der Waals surface area contributed by atoms with Gasteiger partial charge in [0.2, 0.25) is 5.91 Å². The minimum Gasteiger partial charge on any atom is -0.496 e. The van der Waals surface area contributed by atoms with Crippen molar-refractivity contribution in [3.63, 3.8) is 0 Å². The molecule has 3 aromatic rings. The average molecular weight is 547 g/mol. The quantitative estimate of drug-likeness (QED) is 0.424. The minimum atomic E-state index is -0.912. The van der Waals surface area contributed by atoms with Crippen molar-refractivity contribution in [1.82, 2.24) is 15.2 Å². The van der Waals surface area contributed by atoms with Gasteiger partial charge in [-0.1, -0.05) is 24.3 Å². The van der Waals surface area contributed by atoms with E-state index >= 15 is 0 Å². The van der Waals surface area contributed by atoms with E-state index in [-0.39, 0.29) is 24.4 Å². The lowest BCUT2D eigenvalue weighted by Gasteiger charge is -2.37. The van der Waals surface area contributed by atoms with Crippen molar-refractivity contribution in [3.05, 3.63) is 65.9 Å². The number of methoxy groups -OCH3 is 1. The number of piperazine rings is 1. The Morgan fingerprint density at radius 3 is 2.40 bits per heavy atom. The smallest absolute Gasteiger partial charge is 0.306 e. The van der Waals surface area contributed by atoms with Crippen molar-refractivity contribution >= 4 is 34.4 Å². The maximum absolute atomic E-state index is 13.7. The molecule has 1 aromatic heterocycles. The molecule has 1 unspecified atom stereocenters. The van der Waals surface area contributed by atoms with Crippen molar-refractivity contribution in [2.24, 2.45) is 0 Å². The number of nitrogens with one attached hydrogen (secondary N) is 1. The summed E-state index contributed by atoms with van der Waals surface area (Å²) in [5.41, 5.74) is 2.40. The largest absolute Gasteiger partial charge is 0.496 e. The molecule has 212 valence electrons. The number of nitrogens with zero attached hydrogens (tertiary/aromatic N) is 3. The monoisotopic (exact) mass is 546 g/mol. The SMILES string of the molecule is COc1cc(C(=O)NC(CCC(=O)OC(C)(C)C)C(=O)N2CCN(c3cccc(C)c3)CC2)nc2ccccc12. The molecule has 2 aromatic carbocycles. The highest BCUT2D eigenvalue weighted by atomic mass is 16.6. The zero-order valence-electron chi connectivity index (χ0n) is 23.9. The standard InChI is InChI=1S/C31H38N4O5/c1-21-9-8-10-22(19-21)34-15-17-35(18-16-34)30(38)25(13-14-28(36)40-31(2,3)4)33-29(37)26-20-27(39-5)23-11-6-7-12-24(23)32-26/h6-12,19-20,25H,13-18H2,1-5H3,(H,33,37). The summed E-state index contributed by atoms with van der Waals surface area (Å²) in [5.74, 6) is -0.646. The summed E-state index contributed by atoms with van der Waals surface area (Å²) in [5, 5.41) is 3.63. The molecule has 1 fully saturated rings. The van der Waals surface area contributed by atoms with E-state index in [1.165, 1.54) is 12.7 Å². The molecule has 40 heavy (non-hydrogen) atoms. The molecular formula is C31H38N4O5. The number of ether oxygens (including phenoxy) is 2. The molecule has 0 spiro atoms. The molecule has 9 nitrogen and oxygen atoms in total. The number of amides is 2. The van der Waals surface area contributed by atoms with Crippen LogP contribution in [0.15, 0.2) is 54.6 Å². The van der Waals surface area contributed by atoms with Gasteiger partial charge in [-0.2, -0.15) is 0 Å². The minimum absolute atomic E-state index is 0.00825. The Labute approximate surface area is 235 Å². The number of anilines is 1. The van der Waals surface area contributed by atoms with Crippen LogP contribution in [0.1, 0.15) is 49.7 Å². The van der Waals surface area contributed by atoms with Crippen LogP contribution in [0.2, 0.25) is 0 Å². The van der Waals surface area contributed by atoms with Crippen molar-refractivity contribution < 1.29 is 23.9 Å². The molecule has 0 radical (unpaired) electrons. The van der Waals surface area contributed by atoms with Crippen molar-refractivity contribution in [1.29, 1.82) is 0 Å². The van der Waals surface area contributed by atoms with Gasteiger partial charge in [0.1, 0.15) is 23.1 Å². The van der Waals surface area contributed by atoms with E-state index in [2.05, 4.69) is 40.3 Å². The van der Waals surface area contributed by atoms with Gasteiger partial charge in [0.15, 0.2) is 0 Å². The summed E-state index contributed by atoms with van der Waals surface area (Å²) < 4.78 is 10.9. The molecule has 1 aliphatic rings. The molecule has 9 heteroatoms. The lowest BCUT2D eigenvalue weighted by Crippen LogP contribution is -2.55. The first-order chi connectivity index (χ1) is 19.0. The van der Waals surface area contributed by atoms with Crippen LogP contribution in [0.25, 0.3) is 10.9 Å². The van der Waals surface area contributed by atoms with Gasteiger partial charge in [-0.15, -0.1) is 0 Å². The summed E-state index contributed by atoms with van der Waals surface area (Å²) >= 11 is 0. The van der Waals surface area contributed by atoms with Crippen LogP contribution < -0.4 is 15.0 Å². The Kier molecular flexibility index (Phi) is 8.92. The van der Waals surface area contributed by atoms with Crippen molar-refractivity contribution in [2.75, 3.05) is 38.2 Å². The fraction of sp³-hybridized carbons (Fsp3) is 0.419. The predicted octanol–water partition coefficient (Wildman–Crippen LogP) is 4.12. The number of rotatable bonds is 8. The lowest BCUT2D eigenvalue weighted by atomic mass is 10.1. The number of carbonyl (C=O) groups is 3. The molecule has 1 aliphatic heterocycles. The fourth-order valence-electron chi connectivity index (χ4n) is 4.80. The fourth-order valence-corrected chi connectivity index (χ4v) is 4.80. The third kappa shape index (κ3) is 7.28. The molecule has 4 rings (SSSR count). The van der Waals surface area contributed by atoms with Crippen LogP contribution in [-0.4, -0.2) is 72.6 Å². The molecule has 0 bridgehead atoms. The second kappa shape index (κ2) is 12.4. The lowest BCUT2D eigenvalue weighted by molar-refractivity contribution is -0.155. The Morgan fingerprint density at radius 1 is 1.00 bits per heavy atom. The van der Waals surface area contributed by atoms with E-state index in [1.54, 1.807) is 37.8 Å². The van der Waals surface area contributed by atoms with E-state index < -0.39 is 23.5 Å². The Hall–Kier alpha value is -4.14. The Balaban J connectivity index is 1.50. The molecule has 1 N–H and O–H groups in total. The molecule has 2 amide bonds. The van der Waals surface area contributed by atoms with Gasteiger partial charge >= 0.3 is 5.97 Å². The topological polar surface area (TPSA) is 101 Å². The number of carbonyl (C=O) groups excluding carboxylic acids is 3. The van der Waals surface area contributed by atoms with Gasteiger partial charge in [0.05, 0.1) is 12.6 Å². The second-order valence-electron chi connectivity index (χ2n) is 11.0. The van der Waals surface area contributed by atoms with E-state index in [9.17, 15) is 14.4 Å². The van der Waals surface area contributed by atoms with Crippen molar-refractivity contribution in [3.8, 4) is 5.75 Å². The molecular weight excluding hydrogens is 508 g/mol. The maximum atomic E-state index is 13.7. The number of fused-ring (bicyclic) bond motifs is 1. The predicted molar refractivity (Wildman–Crippen MR) is 155 cm³/mol. The number of para-hydroxylation sites is 1. The number of pyridine rings is 1. The molecule has 0 aliphatic carbocycles. The van der Waals surface area contributed by atoms with E-state index in [1.807, 2.05) is 24.3 Å². The third-order valence-electron chi connectivity index (χ3n) is 6.75. The van der Waals surface area contributed by atoms with Crippen LogP contribution in [-0.2, 0) is 14.3 Å². The number of hydrogen-bond acceptors (Lipinski definition) is 7. The molecule has 0 saturated carbocycles. The van der Waals surface area contributed by atoms with Gasteiger partial charge in [-0.25, -0.2) is 4.98 Å². The number of hydrogen-bond donors (Lipinski definition) is 1. The highest BCUT2D eigenvalue weighted by Crippen LogP contribution is 2.25. The van der Waals surface area contributed by atoms with E-state index in [4.69, 9.17) is 9.47 Å². The normalized spacial score (nSPS) is 14.5. The summed E-state index contributed by atoms with van der Waals surface area (Å²) in [4.78, 5) is 48.0. The van der Waals surface area contributed by atoms with E-state index in [0.29, 0.717) is 37.4 Å². The number of aryl methyl sites for hydroxylation is 1. The summed E-state index contributed by atoms with van der Waals surface area (Å²) in [7, 11) is 1.53. The molecule has 1 saturated heterocycles. The summed E-state index contributed by atoms with van der Waals surface area (Å²) in [6.45, 7) is 9.80. The highest BCUT2D eigenvalue weighted by molar-refractivity contribution is 5.99. The van der Waals surface area contributed by atoms with Gasteiger partial charge in [-0.05, 0) is 63.9 Å². The van der Waals surface area contributed by atoms with Gasteiger partial charge in [0, 0.05) is 49.7 Å². The molecule has 2 heterocycles. The van der Waals surface area contributed by atoms with Crippen LogP contribution in [0.3, 0.4) is 0 Å². The van der Waals surface area contributed by atoms with Crippen LogP contribution in [0.5, 0.6) is 5.75 Å². The average Bonchev–Trinajstić information content (AvgIpc) is 2.93. The first-order valence-corrected chi connectivity index (χ1v) is 13.6.